The van der Waals surface area contributed by atoms with E-state index >= 15 is 0 Å². The molecule has 0 bridgehead atoms. The van der Waals surface area contributed by atoms with Gasteiger partial charge in [-0.3, -0.25) is 0 Å². The standard InChI is InChI=1S/C12H8ClFN2O2/c1-18-12(17)11-9(14)10(15-6-16-11)7-3-2-4-8(13)5-7/h2-6H,1H3. The summed E-state index contributed by atoms with van der Waals surface area (Å²) in [4.78, 5) is 18.7. The van der Waals surface area contributed by atoms with Gasteiger partial charge < -0.3 is 4.74 Å². The first-order chi connectivity index (χ1) is 8.63. The molecule has 4 nitrogen and oxygen atoms in total. The molecule has 1 heterocycles. The Labute approximate surface area is 107 Å². The van der Waals surface area contributed by atoms with Crippen molar-refractivity contribution >= 4 is 17.6 Å². The second kappa shape index (κ2) is 5.10. The van der Waals surface area contributed by atoms with E-state index in [0.29, 0.717) is 10.6 Å². The van der Waals surface area contributed by atoms with E-state index in [1.807, 2.05) is 0 Å². The van der Waals surface area contributed by atoms with Gasteiger partial charge >= 0.3 is 5.97 Å². The van der Waals surface area contributed by atoms with Gasteiger partial charge in [-0.25, -0.2) is 19.2 Å². The zero-order chi connectivity index (χ0) is 13.1. The number of hydrogen-bond donors (Lipinski definition) is 0. The summed E-state index contributed by atoms with van der Waals surface area (Å²) in [5.41, 5.74) is 0.0722. The molecule has 1 aromatic carbocycles. The monoisotopic (exact) mass is 266 g/mol. The van der Waals surface area contributed by atoms with Crippen LogP contribution in [0.1, 0.15) is 10.5 Å². The summed E-state index contributed by atoms with van der Waals surface area (Å²) in [6.45, 7) is 0. The Bertz CT molecular complexity index is 604. The van der Waals surface area contributed by atoms with Crippen molar-refractivity contribution in [3.63, 3.8) is 0 Å². The molecule has 0 atom stereocenters. The third-order valence-corrected chi connectivity index (χ3v) is 2.50. The topological polar surface area (TPSA) is 52.1 Å². The van der Waals surface area contributed by atoms with E-state index in [2.05, 4.69) is 14.7 Å². The number of aromatic nitrogens is 2. The molecular formula is C12H8ClFN2O2. The number of hydrogen-bond acceptors (Lipinski definition) is 4. The van der Waals surface area contributed by atoms with Crippen molar-refractivity contribution < 1.29 is 13.9 Å². The highest BCUT2D eigenvalue weighted by atomic mass is 35.5. The second-order valence-electron chi connectivity index (χ2n) is 3.39. The molecule has 0 aliphatic rings. The molecule has 0 spiro atoms. The van der Waals surface area contributed by atoms with Crippen molar-refractivity contribution in [3.05, 3.63) is 47.1 Å². The average Bonchev–Trinajstić information content (AvgIpc) is 2.38. The fraction of sp³-hybridized carbons (Fsp3) is 0.0833. The Kier molecular flexibility index (Phi) is 3.53. The van der Waals surface area contributed by atoms with Crippen molar-refractivity contribution in [1.29, 1.82) is 0 Å². The molecule has 2 aromatic rings. The molecule has 92 valence electrons. The highest BCUT2D eigenvalue weighted by molar-refractivity contribution is 6.30. The van der Waals surface area contributed by atoms with E-state index in [-0.39, 0.29) is 5.69 Å². The van der Waals surface area contributed by atoms with Gasteiger partial charge in [0.15, 0.2) is 11.5 Å². The van der Waals surface area contributed by atoms with Crippen LogP contribution in [-0.4, -0.2) is 23.0 Å². The third kappa shape index (κ3) is 2.31. The molecule has 0 aliphatic carbocycles. The van der Waals surface area contributed by atoms with Gasteiger partial charge in [0.1, 0.15) is 12.0 Å². The Morgan fingerprint density at radius 3 is 2.83 bits per heavy atom. The number of benzene rings is 1. The van der Waals surface area contributed by atoms with Gasteiger partial charge in [-0.1, -0.05) is 23.7 Å². The summed E-state index contributed by atoms with van der Waals surface area (Å²) < 4.78 is 18.5. The number of methoxy groups -OCH3 is 1. The molecule has 0 saturated carbocycles. The zero-order valence-corrected chi connectivity index (χ0v) is 10.1. The summed E-state index contributed by atoms with van der Waals surface area (Å²) in [6.07, 6.45) is 1.10. The van der Waals surface area contributed by atoms with Gasteiger partial charge in [0.25, 0.3) is 0 Å². The van der Waals surface area contributed by atoms with Gasteiger partial charge in [-0.05, 0) is 12.1 Å². The zero-order valence-electron chi connectivity index (χ0n) is 9.35. The molecule has 0 fully saturated rings. The van der Waals surface area contributed by atoms with Crippen molar-refractivity contribution in [2.75, 3.05) is 7.11 Å². The summed E-state index contributed by atoms with van der Waals surface area (Å²) in [6, 6.07) is 6.51. The minimum atomic E-state index is -0.849. The van der Waals surface area contributed by atoms with Crippen LogP contribution in [0.4, 0.5) is 4.39 Å². The maximum Gasteiger partial charge on any atom is 0.359 e. The fourth-order valence-electron chi connectivity index (χ4n) is 1.45. The molecular weight excluding hydrogens is 259 g/mol. The SMILES string of the molecule is COC(=O)c1ncnc(-c2cccc(Cl)c2)c1F. The highest BCUT2D eigenvalue weighted by Crippen LogP contribution is 2.24. The molecule has 0 amide bonds. The van der Waals surface area contributed by atoms with E-state index in [0.717, 1.165) is 13.4 Å². The van der Waals surface area contributed by atoms with Gasteiger partial charge in [-0.2, -0.15) is 0 Å². The number of carbonyl (C=O) groups is 1. The molecule has 0 radical (unpaired) electrons. The number of ether oxygens (including phenoxy) is 1. The van der Waals surface area contributed by atoms with Crippen LogP contribution in [0.2, 0.25) is 5.02 Å². The quantitative estimate of drug-likeness (QED) is 0.784. The Balaban J connectivity index is 2.56. The predicted molar refractivity (Wildman–Crippen MR) is 63.8 cm³/mol. The number of nitrogens with zero attached hydrogens (tertiary/aromatic N) is 2. The lowest BCUT2D eigenvalue weighted by molar-refractivity contribution is 0.0588. The van der Waals surface area contributed by atoms with Crippen molar-refractivity contribution in [3.8, 4) is 11.3 Å². The van der Waals surface area contributed by atoms with Crippen LogP contribution < -0.4 is 0 Å². The van der Waals surface area contributed by atoms with E-state index < -0.39 is 17.5 Å². The highest BCUT2D eigenvalue weighted by Gasteiger charge is 2.19. The predicted octanol–water partition coefficient (Wildman–Crippen LogP) is 2.72. The van der Waals surface area contributed by atoms with Crippen LogP contribution in [-0.2, 0) is 4.74 Å². The minimum absolute atomic E-state index is 0.00731. The molecule has 0 unspecified atom stereocenters. The van der Waals surface area contributed by atoms with Gasteiger partial charge in [0.05, 0.1) is 7.11 Å². The molecule has 6 heteroatoms. The maximum absolute atomic E-state index is 14.1. The van der Waals surface area contributed by atoms with E-state index in [1.54, 1.807) is 24.3 Å². The summed E-state index contributed by atoms with van der Waals surface area (Å²) in [7, 11) is 1.16. The van der Waals surface area contributed by atoms with Crippen molar-refractivity contribution in [2.24, 2.45) is 0 Å². The Morgan fingerprint density at radius 1 is 1.39 bits per heavy atom. The fourth-order valence-corrected chi connectivity index (χ4v) is 1.64. The molecule has 18 heavy (non-hydrogen) atoms. The van der Waals surface area contributed by atoms with E-state index in [9.17, 15) is 9.18 Å². The lowest BCUT2D eigenvalue weighted by Gasteiger charge is -2.05. The normalized spacial score (nSPS) is 10.2. The second-order valence-corrected chi connectivity index (χ2v) is 3.82. The summed E-state index contributed by atoms with van der Waals surface area (Å²) in [5.74, 6) is -1.68. The van der Waals surface area contributed by atoms with Gasteiger partial charge in [-0.15, -0.1) is 0 Å². The minimum Gasteiger partial charge on any atom is -0.464 e. The molecule has 1 aromatic heterocycles. The number of carbonyl (C=O) groups excluding carboxylic acids is 1. The summed E-state index contributed by atoms with van der Waals surface area (Å²) in [5, 5.41) is 0.449. The van der Waals surface area contributed by atoms with Crippen LogP contribution in [0, 0.1) is 5.82 Å². The smallest absolute Gasteiger partial charge is 0.359 e. The van der Waals surface area contributed by atoms with Crippen LogP contribution in [0.25, 0.3) is 11.3 Å². The van der Waals surface area contributed by atoms with Gasteiger partial charge in [0, 0.05) is 10.6 Å². The lowest BCUT2D eigenvalue weighted by atomic mass is 10.1. The van der Waals surface area contributed by atoms with Crippen LogP contribution in [0.3, 0.4) is 0 Å². The molecule has 0 saturated heterocycles. The molecule has 2 rings (SSSR count). The number of rotatable bonds is 2. The van der Waals surface area contributed by atoms with Crippen LogP contribution >= 0.6 is 11.6 Å². The molecule has 0 aliphatic heterocycles. The number of halogens is 2. The first kappa shape index (κ1) is 12.4. The van der Waals surface area contributed by atoms with Gasteiger partial charge in [0.2, 0.25) is 0 Å². The van der Waals surface area contributed by atoms with E-state index in [1.165, 1.54) is 0 Å². The van der Waals surface area contributed by atoms with Crippen LogP contribution in [0.15, 0.2) is 30.6 Å². The summed E-state index contributed by atoms with van der Waals surface area (Å²) >= 11 is 5.82. The lowest BCUT2D eigenvalue weighted by Crippen LogP contribution is -2.09. The Morgan fingerprint density at radius 2 is 2.17 bits per heavy atom. The van der Waals surface area contributed by atoms with Crippen LogP contribution in [0.5, 0.6) is 0 Å². The van der Waals surface area contributed by atoms with Crippen molar-refractivity contribution in [1.82, 2.24) is 9.97 Å². The first-order valence-corrected chi connectivity index (χ1v) is 5.36. The Hall–Kier alpha value is -2.01. The van der Waals surface area contributed by atoms with Crippen molar-refractivity contribution in [2.45, 2.75) is 0 Å². The molecule has 0 N–H and O–H groups in total. The van der Waals surface area contributed by atoms with E-state index in [4.69, 9.17) is 11.6 Å². The number of esters is 1. The maximum atomic E-state index is 14.1. The first-order valence-electron chi connectivity index (χ1n) is 4.98. The third-order valence-electron chi connectivity index (χ3n) is 2.27. The average molecular weight is 267 g/mol. The largest absolute Gasteiger partial charge is 0.464 e.